The summed E-state index contributed by atoms with van der Waals surface area (Å²) in [6.07, 6.45) is 5.76. The van der Waals surface area contributed by atoms with E-state index in [2.05, 4.69) is 10.2 Å². The van der Waals surface area contributed by atoms with Crippen molar-refractivity contribution in [2.45, 2.75) is 44.6 Å². The van der Waals surface area contributed by atoms with Crippen molar-refractivity contribution < 1.29 is 14.0 Å². The van der Waals surface area contributed by atoms with Gasteiger partial charge in [-0.25, -0.2) is 4.39 Å². The second-order valence-corrected chi connectivity index (χ2v) is 7.24. The smallest absolute Gasteiger partial charge is 0.239 e. The van der Waals surface area contributed by atoms with Gasteiger partial charge in [-0.15, -0.1) is 0 Å². The van der Waals surface area contributed by atoms with Gasteiger partial charge in [0, 0.05) is 19.5 Å². The molecular weight excluding hydrogens is 333 g/mol. The zero-order valence-corrected chi connectivity index (χ0v) is 15.3. The zero-order valence-electron chi connectivity index (χ0n) is 15.3. The topological polar surface area (TPSA) is 52.7 Å². The summed E-state index contributed by atoms with van der Waals surface area (Å²) in [6.45, 7) is 3.26. The van der Waals surface area contributed by atoms with Crippen LogP contribution in [0.15, 0.2) is 24.3 Å². The van der Waals surface area contributed by atoms with E-state index in [-0.39, 0.29) is 30.2 Å². The fraction of sp³-hybridized carbons (Fsp3) is 0.600. The lowest BCUT2D eigenvalue weighted by Crippen LogP contribution is -2.43. The molecule has 2 amide bonds. The number of hydrogen-bond acceptors (Lipinski definition) is 3. The van der Waals surface area contributed by atoms with Gasteiger partial charge in [-0.2, -0.15) is 0 Å². The van der Waals surface area contributed by atoms with Crippen LogP contribution < -0.4 is 5.32 Å². The molecular formula is C20H28FN3O2. The van der Waals surface area contributed by atoms with Crippen molar-refractivity contribution in [3.63, 3.8) is 0 Å². The molecule has 5 nitrogen and oxygen atoms in total. The molecule has 2 aliphatic rings. The van der Waals surface area contributed by atoms with Crippen molar-refractivity contribution in [3.8, 4) is 0 Å². The van der Waals surface area contributed by atoms with Crippen LogP contribution in [0.4, 0.5) is 4.39 Å². The third-order valence-electron chi connectivity index (χ3n) is 5.33. The van der Waals surface area contributed by atoms with Crippen LogP contribution in [0, 0.1) is 5.82 Å². The molecule has 2 fully saturated rings. The van der Waals surface area contributed by atoms with Crippen LogP contribution in [0.3, 0.4) is 0 Å². The van der Waals surface area contributed by atoms with Crippen LogP contribution in [-0.2, 0) is 9.59 Å². The van der Waals surface area contributed by atoms with Gasteiger partial charge in [0.15, 0.2) is 0 Å². The van der Waals surface area contributed by atoms with E-state index in [1.807, 2.05) is 0 Å². The molecule has 2 saturated heterocycles. The highest BCUT2D eigenvalue weighted by molar-refractivity contribution is 5.84. The molecule has 0 aliphatic carbocycles. The first-order chi connectivity index (χ1) is 12.6. The fourth-order valence-corrected chi connectivity index (χ4v) is 3.84. The highest BCUT2D eigenvalue weighted by Crippen LogP contribution is 2.24. The average molecular weight is 361 g/mol. The summed E-state index contributed by atoms with van der Waals surface area (Å²) in [4.78, 5) is 28.5. The van der Waals surface area contributed by atoms with Crippen molar-refractivity contribution in [1.29, 1.82) is 0 Å². The number of nitrogens with one attached hydrogen (secondary N) is 1. The van der Waals surface area contributed by atoms with Gasteiger partial charge in [0.2, 0.25) is 11.8 Å². The first-order valence-electron chi connectivity index (χ1n) is 9.67. The lowest BCUT2D eigenvalue weighted by Gasteiger charge is -2.29. The number of amides is 2. The van der Waals surface area contributed by atoms with Gasteiger partial charge in [0.05, 0.1) is 12.6 Å². The van der Waals surface area contributed by atoms with E-state index in [4.69, 9.17) is 0 Å². The molecule has 1 N–H and O–H groups in total. The van der Waals surface area contributed by atoms with E-state index in [0.717, 1.165) is 50.8 Å². The maximum atomic E-state index is 13.3. The van der Waals surface area contributed by atoms with Gasteiger partial charge in [-0.3, -0.25) is 14.5 Å². The van der Waals surface area contributed by atoms with Gasteiger partial charge in [-0.1, -0.05) is 18.6 Å². The van der Waals surface area contributed by atoms with Gasteiger partial charge in [0.1, 0.15) is 5.82 Å². The third-order valence-corrected chi connectivity index (χ3v) is 5.33. The summed E-state index contributed by atoms with van der Waals surface area (Å²) in [6, 6.07) is 6.57. The minimum absolute atomic E-state index is 0.0434. The van der Waals surface area contributed by atoms with Gasteiger partial charge >= 0.3 is 0 Å². The van der Waals surface area contributed by atoms with Crippen molar-refractivity contribution in [2.24, 2.45) is 0 Å². The second kappa shape index (κ2) is 9.12. The quantitative estimate of drug-likeness (QED) is 0.847. The molecule has 2 heterocycles. The number of carbonyl (C=O) groups is 2. The van der Waals surface area contributed by atoms with E-state index in [0.29, 0.717) is 19.5 Å². The Kier molecular flexibility index (Phi) is 6.61. The van der Waals surface area contributed by atoms with Crippen LogP contribution in [0.1, 0.15) is 50.1 Å². The summed E-state index contributed by atoms with van der Waals surface area (Å²) in [7, 11) is 0. The van der Waals surface area contributed by atoms with Gasteiger partial charge in [-0.05, 0) is 56.5 Å². The van der Waals surface area contributed by atoms with Gasteiger partial charge < -0.3 is 10.2 Å². The number of nitrogens with zero attached hydrogens (tertiary/aromatic N) is 2. The maximum Gasteiger partial charge on any atom is 0.239 e. The summed E-state index contributed by atoms with van der Waals surface area (Å²) in [5.41, 5.74) is 1.01. The number of benzene rings is 1. The molecule has 0 unspecified atom stereocenters. The summed E-state index contributed by atoms with van der Waals surface area (Å²) in [5, 5.41) is 2.99. The molecule has 0 bridgehead atoms. The standard InChI is InChI=1S/C20H28FN3O2/c21-17-9-7-16(8-10-17)18(23-11-4-5-12-23)14-22-19(25)15-24-13-3-1-2-6-20(24)26/h7-10,18H,1-6,11-15H2,(H,22,25)/t18-/m1/s1. The molecule has 0 saturated carbocycles. The molecule has 6 heteroatoms. The Balaban J connectivity index is 1.59. The predicted molar refractivity (Wildman–Crippen MR) is 98.0 cm³/mol. The highest BCUT2D eigenvalue weighted by Gasteiger charge is 2.25. The number of likely N-dealkylation sites (tertiary alicyclic amines) is 2. The average Bonchev–Trinajstić information content (AvgIpc) is 3.08. The monoisotopic (exact) mass is 361 g/mol. The zero-order chi connectivity index (χ0) is 18.4. The van der Waals surface area contributed by atoms with Crippen molar-refractivity contribution >= 4 is 11.8 Å². The van der Waals surface area contributed by atoms with Crippen LogP contribution >= 0.6 is 0 Å². The van der Waals surface area contributed by atoms with E-state index < -0.39 is 0 Å². The van der Waals surface area contributed by atoms with Crippen molar-refractivity contribution in [2.75, 3.05) is 32.7 Å². The lowest BCUT2D eigenvalue weighted by atomic mass is 10.1. The van der Waals surface area contributed by atoms with E-state index in [1.165, 1.54) is 12.1 Å². The lowest BCUT2D eigenvalue weighted by molar-refractivity contribution is -0.135. The highest BCUT2D eigenvalue weighted by atomic mass is 19.1. The number of carbonyl (C=O) groups excluding carboxylic acids is 2. The molecule has 0 radical (unpaired) electrons. The van der Waals surface area contributed by atoms with E-state index in [1.54, 1.807) is 17.0 Å². The molecule has 2 aliphatic heterocycles. The molecule has 1 aromatic rings. The van der Waals surface area contributed by atoms with Crippen LogP contribution in [0.2, 0.25) is 0 Å². The number of rotatable bonds is 6. The third kappa shape index (κ3) is 5.04. The molecule has 0 aromatic heterocycles. The van der Waals surface area contributed by atoms with Crippen LogP contribution in [0.5, 0.6) is 0 Å². The Bertz CT molecular complexity index is 614. The predicted octanol–water partition coefficient (Wildman–Crippen LogP) is 2.48. The first kappa shape index (κ1) is 18.8. The minimum Gasteiger partial charge on any atom is -0.353 e. The Morgan fingerprint density at radius 1 is 1.04 bits per heavy atom. The Morgan fingerprint density at radius 3 is 2.46 bits per heavy atom. The van der Waals surface area contributed by atoms with Crippen LogP contribution in [0.25, 0.3) is 0 Å². The largest absolute Gasteiger partial charge is 0.353 e. The van der Waals surface area contributed by atoms with Crippen molar-refractivity contribution in [1.82, 2.24) is 15.1 Å². The molecule has 3 rings (SSSR count). The molecule has 142 valence electrons. The summed E-state index contributed by atoms with van der Waals surface area (Å²) in [5.74, 6) is -0.295. The number of halogens is 1. The molecule has 26 heavy (non-hydrogen) atoms. The first-order valence-corrected chi connectivity index (χ1v) is 9.67. The molecule has 1 aromatic carbocycles. The Morgan fingerprint density at radius 2 is 1.73 bits per heavy atom. The summed E-state index contributed by atoms with van der Waals surface area (Å²) >= 11 is 0. The normalized spacial score (nSPS) is 20.0. The Labute approximate surface area is 154 Å². The number of hydrogen-bond donors (Lipinski definition) is 1. The second-order valence-electron chi connectivity index (χ2n) is 7.24. The fourth-order valence-electron chi connectivity index (χ4n) is 3.84. The minimum atomic E-state index is -0.252. The summed E-state index contributed by atoms with van der Waals surface area (Å²) < 4.78 is 13.3. The molecule has 1 atom stereocenters. The maximum absolute atomic E-state index is 13.3. The van der Waals surface area contributed by atoms with E-state index in [9.17, 15) is 14.0 Å². The van der Waals surface area contributed by atoms with Crippen LogP contribution in [-0.4, -0.2) is 54.3 Å². The van der Waals surface area contributed by atoms with Gasteiger partial charge in [0.25, 0.3) is 0 Å². The SMILES string of the molecule is O=C(CN1CCCCCC1=O)NC[C@H](c1ccc(F)cc1)N1CCCC1. The van der Waals surface area contributed by atoms with E-state index >= 15 is 0 Å². The van der Waals surface area contributed by atoms with Crippen molar-refractivity contribution in [3.05, 3.63) is 35.6 Å². The Hall–Kier alpha value is -1.95. The molecule has 0 spiro atoms.